The molecule has 2 aromatic rings. The average Bonchev–Trinajstić information content (AvgIpc) is 2.95. The molecule has 0 N–H and O–H groups in total. The first-order chi connectivity index (χ1) is 9.29. The lowest BCUT2D eigenvalue weighted by molar-refractivity contribution is 0.0606. The first-order valence-corrected chi connectivity index (χ1v) is 6.87. The van der Waals surface area contributed by atoms with Crippen molar-refractivity contribution < 1.29 is 14.3 Å². The van der Waals surface area contributed by atoms with Crippen LogP contribution in [0.25, 0.3) is 0 Å². The summed E-state index contributed by atoms with van der Waals surface area (Å²) in [7, 11) is 1.38. The van der Waals surface area contributed by atoms with Crippen LogP contribution in [0.5, 0.6) is 5.75 Å². The summed E-state index contributed by atoms with van der Waals surface area (Å²) in [5, 5.41) is 0.941. The maximum absolute atomic E-state index is 11.5. The number of methoxy groups -OCH3 is 1. The summed E-state index contributed by atoms with van der Waals surface area (Å²) in [6.45, 7) is 0.675. The summed E-state index contributed by atoms with van der Waals surface area (Å²) >= 11 is 1.39. The number of fused-ring (bicyclic) bond motifs is 1. The van der Waals surface area contributed by atoms with Gasteiger partial charge >= 0.3 is 5.97 Å². The van der Waals surface area contributed by atoms with Gasteiger partial charge in [0.05, 0.1) is 19.9 Å². The Balaban J connectivity index is 1.95. The lowest BCUT2D eigenvalue weighted by Crippen LogP contribution is -2.14. The van der Waals surface area contributed by atoms with Gasteiger partial charge in [-0.05, 0) is 12.5 Å². The minimum absolute atomic E-state index is 0.202. The second kappa shape index (κ2) is 5.01. The molecule has 98 valence electrons. The van der Waals surface area contributed by atoms with E-state index in [4.69, 9.17) is 9.47 Å². The normalized spacial score (nSPS) is 17.4. The maximum Gasteiger partial charge on any atom is 0.349 e. The Morgan fingerprint density at radius 3 is 3.16 bits per heavy atom. The van der Waals surface area contributed by atoms with Gasteiger partial charge in [-0.2, -0.15) is 0 Å². The molecular weight excluding hydrogens is 262 g/mol. The predicted octanol–water partition coefficient (Wildman–Crippen LogP) is 2.84. The molecule has 0 fully saturated rings. The number of esters is 1. The smallest absolute Gasteiger partial charge is 0.349 e. The van der Waals surface area contributed by atoms with Gasteiger partial charge in [0, 0.05) is 11.5 Å². The zero-order valence-electron chi connectivity index (χ0n) is 10.5. The van der Waals surface area contributed by atoms with Crippen molar-refractivity contribution in [3.63, 3.8) is 0 Å². The fourth-order valence-corrected chi connectivity index (χ4v) is 3.23. The van der Waals surface area contributed by atoms with E-state index < -0.39 is 0 Å². The molecule has 1 aromatic carbocycles. The van der Waals surface area contributed by atoms with E-state index in [1.54, 1.807) is 6.20 Å². The molecule has 0 aliphatic carbocycles. The van der Waals surface area contributed by atoms with Gasteiger partial charge in [-0.25, -0.2) is 9.78 Å². The number of nitrogens with zero attached hydrogens (tertiary/aromatic N) is 1. The SMILES string of the molecule is COC(=O)c1cnc(C2CCOc3ccccc32)s1. The Bertz CT molecular complexity index is 608. The van der Waals surface area contributed by atoms with Gasteiger partial charge in [0.1, 0.15) is 15.6 Å². The van der Waals surface area contributed by atoms with Crippen LogP contribution >= 0.6 is 11.3 Å². The van der Waals surface area contributed by atoms with E-state index in [9.17, 15) is 4.79 Å². The van der Waals surface area contributed by atoms with Gasteiger partial charge in [0.25, 0.3) is 0 Å². The number of thiazole rings is 1. The van der Waals surface area contributed by atoms with Crippen molar-refractivity contribution in [2.75, 3.05) is 13.7 Å². The third kappa shape index (κ3) is 2.21. The highest BCUT2D eigenvalue weighted by Gasteiger charge is 2.26. The zero-order valence-corrected chi connectivity index (χ0v) is 11.3. The van der Waals surface area contributed by atoms with Crippen LogP contribution in [0, 0.1) is 0 Å². The van der Waals surface area contributed by atoms with E-state index in [1.807, 2.05) is 18.2 Å². The summed E-state index contributed by atoms with van der Waals surface area (Å²) in [5.41, 5.74) is 1.14. The Kier molecular flexibility index (Phi) is 3.21. The van der Waals surface area contributed by atoms with E-state index in [0.29, 0.717) is 11.5 Å². The second-order valence-corrected chi connectivity index (χ2v) is 5.34. The van der Waals surface area contributed by atoms with Crippen LogP contribution in [0.2, 0.25) is 0 Å². The molecule has 3 rings (SSSR count). The first-order valence-electron chi connectivity index (χ1n) is 6.05. The topological polar surface area (TPSA) is 48.4 Å². The molecule has 1 aliphatic heterocycles. The van der Waals surface area contributed by atoms with Gasteiger partial charge < -0.3 is 9.47 Å². The van der Waals surface area contributed by atoms with Gasteiger partial charge in [0.15, 0.2) is 0 Å². The molecule has 0 amide bonds. The Labute approximate surface area is 115 Å². The minimum Gasteiger partial charge on any atom is -0.493 e. The average molecular weight is 275 g/mol. The molecule has 0 spiro atoms. The van der Waals surface area contributed by atoms with Crippen LogP contribution in [-0.4, -0.2) is 24.7 Å². The van der Waals surface area contributed by atoms with Crippen molar-refractivity contribution in [3.8, 4) is 5.75 Å². The van der Waals surface area contributed by atoms with Gasteiger partial charge in [-0.1, -0.05) is 18.2 Å². The highest BCUT2D eigenvalue weighted by Crippen LogP contribution is 2.39. The molecule has 1 aliphatic rings. The lowest BCUT2D eigenvalue weighted by atomic mass is 9.94. The van der Waals surface area contributed by atoms with E-state index in [-0.39, 0.29) is 11.9 Å². The van der Waals surface area contributed by atoms with Gasteiger partial charge in [0.2, 0.25) is 0 Å². The predicted molar refractivity (Wildman–Crippen MR) is 71.9 cm³/mol. The lowest BCUT2D eigenvalue weighted by Gasteiger charge is -2.24. The summed E-state index contributed by atoms with van der Waals surface area (Å²) in [5.74, 6) is 0.783. The molecule has 0 radical (unpaired) electrons. The number of hydrogen-bond donors (Lipinski definition) is 0. The maximum atomic E-state index is 11.5. The standard InChI is InChI=1S/C14H13NO3S/c1-17-14(16)12-8-15-13(19-12)10-6-7-18-11-5-3-2-4-9(10)11/h2-5,8,10H,6-7H2,1H3. The fourth-order valence-electron chi connectivity index (χ4n) is 2.24. The van der Waals surface area contributed by atoms with Crippen molar-refractivity contribution in [1.82, 2.24) is 4.98 Å². The van der Waals surface area contributed by atoms with Crippen molar-refractivity contribution in [2.24, 2.45) is 0 Å². The van der Waals surface area contributed by atoms with Crippen LogP contribution in [-0.2, 0) is 4.74 Å². The molecule has 4 nitrogen and oxygen atoms in total. The Morgan fingerprint density at radius 2 is 2.32 bits per heavy atom. The number of benzene rings is 1. The van der Waals surface area contributed by atoms with Crippen LogP contribution in [0.4, 0.5) is 0 Å². The molecule has 1 unspecified atom stereocenters. The van der Waals surface area contributed by atoms with Gasteiger partial charge in [-0.3, -0.25) is 0 Å². The van der Waals surface area contributed by atoms with E-state index in [1.165, 1.54) is 18.4 Å². The molecule has 0 saturated carbocycles. The number of carbonyl (C=O) groups is 1. The summed E-state index contributed by atoms with van der Waals surface area (Å²) in [4.78, 5) is 16.4. The number of rotatable bonds is 2. The third-order valence-electron chi connectivity index (χ3n) is 3.17. The van der Waals surface area contributed by atoms with Crippen LogP contribution in [0.1, 0.15) is 32.6 Å². The minimum atomic E-state index is -0.330. The monoisotopic (exact) mass is 275 g/mol. The van der Waals surface area contributed by atoms with Crippen LogP contribution in [0.3, 0.4) is 0 Å². The Morgan fingerprint density at radius 1 is 1.47 bits per heavy atom. The number of aromatic nitrogens is 1. The van der Waals surface area contributed by atoms with Crippen molar-refractivity contribution >= 4 is 17.3 Å². The molecule has 5 heteroatoms. The molecule has 19 heavy (non-hydrogen) atoms. The quantitative estimate of drug-likeness (QED) is 0.791. The highest BCUT2D eigenvalue weighted by atomic mass is 32.1. The molecular formula is C14H13NO3S. The third-order valence-corrected chi connectivity index (χ3v) is 4.26. The van der Waals surface area contributed by atoms with Crippen molar-refractivity contribution in [3.05, 3.63) is 45.9 Å². The number of para-hydroxylation sites is 1. The molecule has 2 heterocycles. The van der Waals surface area contributed by atoms with Crippen molar-refractivity contribution in [1.29, 1.82) is 0 Å². The van der Waals surface area contributed by atoms with E-state index in [0.717, 1.165) is 22.7 Å². The second-order valence-electron chi connectivity index (χ2n) is 4.28. The number of carbonyl (C=O) groups excluding carboxylic acids is 1. The summed E-state index contributed by atoms with van der Waals surface area (Å²) in [6.07, 6.45) is 2.47. The Hall–Kier alpha value is -1.88. The van der Waals surface area contributed by atoms with Gasteiger partial charge in [-0.15, -0.1) is 11.3 Å². The first kappa shape index (κ1) is 12.2. The zero-order chi connectivity index (χ0) is 13.2. The highest BCUT2D eigenvalue weighted by molar-refractivity contribution is 7.13. The molecule has 1 atom stereocenters. The van der Waals surface area contributed by atoms with Crippen LogP contribution < -0.4 is 4.74 Å². The fraction of sp³-hybridized carbons (Fsp3) is 0.286. The molecule has 1 aromatic heterocycles. The summed E-state index contributed by atoms with van der Waals surface area (Å²) < 4.78 is 10.3. The summed E-state index contributed by atoms with van der Waals surface area (Å²) in [6, 6.07) is 7.98. The molecule has 0 saturated heterocycles. The van der Waals surface area contributed by atoms with Crippen molar-refractivity contribution in [2.45, 2.75) is 12.3 Å². The van der Waals surface area contributed by atoms with E-state index in [2.05, 4.69) is 11.1 Å². The van der Waals surface area contributed by atoms with Crippen LogP contribution in [0.15, 0.2) is 30.5 Å². The van der Waals surface area contributed by atoms with E-state index >= 15 is 0 Å². The number of ether oxygens (including phenoxy) is 2. The largest absolute Gasteiger partial charge is 0.493 e. The molecule has 0 bridgehead atoms. The number of hydrogen-bond acceptors (Lipinski definition) is 5.